The predicted octanol–water partition coefficient (Wildman–Crippen LogP) is 14.5. The highest BCUT2D eigenvalue weighted by Crippen LogP contribution is 2.41. The van der Waals surface area contributed by atoms with Crippen molar-refractivity contribution in [3.63, 3.8) is 0 Å². The fourth-order valence-electron chi connectivity index (χ4n) is 8.52. The average Bonchev–Trinajstić information content (AvgIpc) is 3.55. The van der Waals surface area contributed by atoms with E-state index in [1.54, 1.807) is 22.8 Å². The number of pyridine rings is 1. The third-order valence-corrected chi connectivity index (χ3v) is 11.9. The molecule has 0 spiro atoms. The summed E-state index contributed by atoms with van der Waals surface area (Å²) in [5, 5.41) is 0.967. The van der Waals surface area contributed by atoms with E-state index in [-0.39, 0.29) is 12.3 Å². The minimum absolute atomic E-state index is 0.0503. The Balaban J connectivity index is 0.000000378. The van der Waals surface area contributed by atoms with Crippen LogP contribution in [0.3, 0.4) is 0 Å². The molecule has 0 aliphatic carbocycles. The number of carbonyl (C=O) groups is 1. The molecule has 7 rings (SSSR count). The van der Waals surface area contributed by atoms with E-state index in [0.717, 1.165) is 10.9 Å². The summed E-state index contributed by atoms with van der Waals surface area (Å²) in [6.45, 7) is -0.835. The van der Waals surface area contributed by atoms with Gasteiger partial charge in [0.2, 0.25) is 24.7 Å². The van der Waals surface area contributed by atoms with E-state index in [9.17, 15) is 115 Å². The third-order valence-electron chi connectivity index (χ3n) is 11.9. The molecule has 0 N–H and O–H groups in total. The van der Waals surface area contributed by atoms with Crippen molar-refractivity contribution in [2.45, 2.75) is 56.0 Å². The van der Waals surface area contributed by atoms with Gasteiger partial charge in [0.15, 0.2) is 0 Å². The zero-order valence-electron chi connectivity index (χ0n) is 38.5. The molecule has 1 aromatic heterocycles. The Hall–Kier alpha value is -7.49. The monoisotopic (exact) mass is 1160 g/mol. The molecule has 0 aliphatic heterocycles. The topological polar surface area (TPSA) is 30.2 Å². The van der Waals surface area contributed by atoms with E-state index in [1.807, 2.05) is 48.5 Å². The lowest BCUT2D eigenvalue weighted by Crippen LogP contribution is -2.75. The molecular formula is C50H27BF25NO2. The second-order valence-electron chi connectivity index (χ2n) is 17.1. The van der Waals surface area contributed by atoms with Crippen LogP contribution in [0.1, 0.15) is 54.9 Å². The molecule has 3 nitrogen and oxygen atoms in total. The number of Topliss-reactive ketones (excluding diaryl/α,β-unsaturated/α-hetero) is 1. The van der Waals surface area contributed by atoms with E-state index in [0.29, 0.717) is 11.4 Å². The minimum Gasteiger partial charge on any atom is -0.412 e. The maximum Gasteiger partial charge on any atom is 0.416 e. The number of rotatable bonds is 9. The molecule has 422 valence electrons. The Bertz CT molecular complexity index is 2910. The first-order chi connectivity index (χ1) is 36.1. The number of fused-ring (bicyclic) bond motifs is 1. The van der Waals surface area contributed by atoms with Crippen molar-refractivity contribution in [1.29, 1.82) is 0 Å². The molecule has 0 saturated heterocycles. The summed E-state index contributed by atoms with van der Waals surface area (Å²) >= 11 is 0. The van der Waals surface area contributed by atoms with Crippen LogP contribution in [0, 0.1) is 0 Å². The number of para-hydroxylation sites is 1. The van der Waals surface area contributed by atoms with Crippen molar-refractivity contribution >= 4 is 44.7 Å². The van der Waals surface area contributed by atoms with Gasteiger partial charge in [-0.3, -0.25) is 4.79 Å². The highest BCUT2D eigenvalue weighted by Gasteiger charge is 2.47. The molecule has 7 aromatic rings. The zero-order valence-corrected chi connectivity index (χ0v) is 38.5. The predicted molar refractivity (Wildman–Crippen MR) is 232 cm³/mol. The van der Waals surface area contributed by atoms with E-state index >= 15 is 0 Å². The van der Waals surface area contributed by atoms with Crippen LogP contribution in [0.25, 0.3) is 10.9 Å². The highest BCUT2D eigenvalue weighted by atomic mass is 19.4. The molecule has 6 aromatic carbocycles. The largest absolute Gasteiger partial charge is 0.416 e. The summed E-state index contributed by atoms with van der Waals surface area (Å²) in [5.74, 6) is 0.288. The lowest BCUT2D eigenvalue weighted by atomic mass is 9.12. The van der Waals surface area contributed by atoms with E-state index in [4.69, 9.17) is 4.74 Å². The van der Waals surface area contributed by atoms with Crippen molar-refractivity contribution in [3.05, 3.63) is 190 Å². The van der Waals surface area contributed by atoms with E-state index in [1.165, 1.54) is 0 Å². The van der Waals surface area contributed by atoms with Crippen molar-refractivity contribution in [2.75, 3.05) is 6.86 Å². The standard InChI is InChI=1S/C32H12BF24.C18H15FNO2/c34-25(35,36)13-1-14(26(37,38)39)6-21(5-13)33(22-7-15(27(40,41)42)2-16(8-22)28(43,44)45,23-9-17(29(46,47)48)3-18(10-23)30(49,50)51)24-11-19(31(52,53)54)4-20(12-24)32(55,56)57;19-13-22-18-11-10-14-6-4-5-9-16(14)20(18)12-17(21)15-7-2-1-3-8-15/h1-12H;1-11H,12-13H2/q-1;+1. The van der Waals surface area contributed by atoms with Gasteiger partial charge < -0.3 is 4.74 Å². The van der Waals surface area contributed by atoms with Crippen molar-refractivity contribution in [1.82, 2.24) is 0 Å². The lowest BCUT2D eigenvalue weighted by Gasteiger charge is -2.46. The molecule has 0 saturated carbocycles. The van der Waals surface area contributed by atoms with Gasteiger partial charge in [-0.05, 0) is 36.4 Å². The number of ether oxygens (including phenoxy) is 1. The summed E-state index contributed by atoms with van der Waals surface area (Å²) in [5.41, 5.74) is -28.8. The second-order valence-corrected chi connectivity index (χ2v) is 17.1. The number of nitrogens with zero attached hydrogens (tertiary/aromatic N) is 1. The van der Waals surface area contributed by atoms with Crippen LogP contribution in [-0.4, -0.2) is 18.8 Å². The number of ketones is 1. The second kappa shape index (κ2) is 21.3. The number of halogens is 25. The van der Waals surface area contributed by atoms with Crippen LogP contribution in [0.4, 0.5) is 110 Å². The Morgan fingerprint density at radius 1 is 0.367 bits per heavy atom. The van der Waals surface area contributed by atoms with Crippen LogP contribution in [0.2, 0.25) is 0 Å². The van der Waals surface area contributed by atoms with E-state index < -0.39 is 202 Å². The van der Waals surface area contributed by atoms with Gasteiger partial charge in [-0.1, -0.05) is 91.0 Å². The fourth-order valence-corrected chi connectivity index (χ4v) is 8.52. The average molecular weight is 1160 g/mol. The Morgan fingerprint density at radius 2 is 0.646 bits per heavy atom. The number of benzene rings is 6. The van der Waals surface area contributed by atoms with Crippen LogP contribution < -0.4 is 31.2 Å². The first kappa shape index (κ1) is 60.7. The summed E-state index contributed by atoms with van der Waals surface area (Å²) in [6, 6.07) is 11.4. The molecule has 0 bridgehead atoms. The van der Waals surface area contributed by atoms with Gasteiger partial charge in [0.05, 0.1) is 50.6 Å². The molecule has 0 atom stereocenters. The van der Waals surface area contributed by atoms with Gasteiger partial charge in [0.25, 0.3) is 0 Å². The molecular weight excluding hydrogens is 1130 g/mol. The van der Waals surface area contributed by atoms with Gasteiger partial charge >= 0.3 is 55.3 Å². The molecule has 0 fully saturated rings. The number of aromatic nitrogens is 1. The Labute approximate surface area is 426 Å². The maximum absolute atomic E-state index is 14.2. The number of carbonyl (C=O) groups excluding carboxylic acids is 1. The van der Waals surface area contributed by atoms with Crippen molar-refractivity contribution < 1.29 is 124 Å². The van der Waals surface area contributed by atoms with Gasteiger partial charge in [-0.25, -0.2) is 4.39 Å². The molecule has 29 heteroatoms. The first-order valence-electron chi connectivity index (χ1n) is 21.6. The molecule has 0 aliphatic rings. The highest BCUT2D eigenvalue weighted by molar-refractivity contribution is 7.20. The fraction of sp³-hybridized carbons (Fsp3) is 0.200. The molecule has 0 amide bonds. The SMILES string of the molecule is FC(F)(F)c1cc([B-](c2cc(C(F)(F)F)cc(C(F)(F)F)c2)(c2cc(C(F)(F)F)cc(C(F)(F)F)c2)c2cc(C(F)(F)F)cc(C(F)(F)F)c2)cc(C(F)(F)F)c1.O=C(C[n+]1c(OCF)ccc2ccccc21)c1ccccc1. The first-order valence-corrected chi connectivity index (χ1v) is 21.6. The molecule has 1 heterocycles. The van der Waals surface area contributed by atoms with Gasteiger partial charge in [-0.15, -0.1) is 0 Å². The van der Waals surface area contributed by atoms with Gasteiger partial charge in [-0.2, -0.15) is 132 Å². The number of hydrogen-bond donors (Lipinski definition) is 0. The summed E-state index contributed by atoms with van der Waals surface area (Å²) in [4.78, 5) is 12.4. The van der Waals surface area contributed by atoms with Crippen LogP contribution >= 0.6 is 0 Å². The minimum atomic E-state index is -6.13. The van der Waals surface area contributed by atoms with Crippen molar-refractivity contribution in [2.24, 2.45) is 0 Å². The summed E-state index contributed by atoms with van der Waals surface area (Å²) in [7, 11) is 0. The third kappa shape index (κ3) is 13.7. The quantitative estimate of drug-likeness (QED) is 0.0624. The molecule has 0 radical (unpaired) electrons. The lowest BCUT2D eigenvalue weighted by molar-refractivity contribution is -0.663. The number of hydrogen-bond acceptors (Lipinski definition) is 2. The zero-order chi connectivity index (χ0) is 59.3. The normalized spacial score (nSPS) is 13.3. The Kier molecular flexibility index (Phi) is 16.4. The number of alkyl halides is 25. The van der Waals surface area contributed by atoms with Crippen LogP contribution in [-0.2, 0) is 56.0 Å². The van der Waals surface area contributed by atoms with Crippen LogP contribution in [0.15, 0.2) is 140 Å². The maximum atomic E-state index is 14.2. The van der Waals surface area contributed by atoms with Crippen molar-refractivity contribution in [3.8, 4) is 5.88 Å². The molecule has 0 unspecified atom stereocenters. The van der Waals surface area contributed by atoms with Crippen LogP contribution in [0.5, 0.6) is 5.88 Å². The molecule has 79 heavy (non-hydrogen) atoms. The van der Waals surface area contributed by atoms with Gasteiger partial charge in [0.1, 0.15) is 6.15 Å². The summed E-state index contributed by atoms with van der Waals surface area (Å²) in [6.07, 6.45) is -54.8. The Morgan fingerprint density at radius 3 is 0.924 bits per heavy atom. The summed E-state index contributed by atoms with van der Waals surface area (Å²) < 4.78 is 360. The smallest absolute Gasteiger partial charge is 0.412 e. The van der Waals surface area contributed by atoms with Gasteiger partial charge in [0, 0.05) is 17.0 Å². The van der Waals surface area contributed by atoms with E-state index in [2.05, 4.69) is 0 Å².